The van der Waals surface area contributed by atoms with Crippen molar-refractivity contribution in [1.29, 1.82) is 0 Å². The number of carbonyl (C=O) groups excluding carboxylic acids is 1. The van der Waals surface area contributed by atoms with Crippen LogP contribution in [-0.4, -0.2) is 66.8 Å². The number of rotatable bonds is 2. The SMILES string of the molecule is CC1CN(C(=O)OC(C)(C)C)C(C)CC1CN1CCNCC1. The van der Waals surface area contributed by atoms with Crippen LogP contribution in [0.2, 0.25) is 0 Å². The highest BCUT2D eigenvalue weighted by Gasteiger charge is 2.36. The molecule has 22 heavy (non-hydrogen) atoms. The van der Waals surface area contributed by atoms with Gasteiger partial charge in [-0.2, -0.15) is 0 Å². The zero-order valence-electron chi connectivity index (χ0n) is 14.9. The van der Waals surface area contributed by atoms with E-state index in [-0.39, 0.29) is 12.1 Å². The van der Waals surface area contributed by atoms with Gasteiger partial charge in [-0.1, -0.05) is 6.92 Å². The second-order valence-electron chi connectivity index (χ2n) is 8.01. The lowest BCUT2D eigenvalue weighted by Gasteiger charge is -2.43. The number of amides is 1. The van der Waals surface area contributed by atoms with Crippen molar-refractivity contribution in [2.24, 2.45) is 11.8 Å². The maximum atomic E-state index is 12.4. The molecule has 5 heteroatoms. The lowest BCUT2D eigenvalue weighted by atomic mass is 9.83. The number of nitrogens with one attached hydrogen (secondary N) is 1. The summed E-state index contributed by atoms with van der Waals surface area (Å²) >= 11 is 0. The highest BCUT2D eigenvalue weighted by Crippen LogP contribution is 2.29. The van der Waals surface area contributed by atoms with Crippen molar-refractivity contribution in [3.63, 3.8) is 0 Å². The molecule has 2 fully saturated rings. The number of hydrogen-bond acceptors (Lipinski definition) is 4. The van der Waals surface area contributed by atoms with Crippen molar-refractivity contribution in [2.75, 3.05) is 39.3 Å². The van der Waals surface area contributed by atoms with Crippen LogP contribution in [0.5, 0.6) is 0 Å². The zero-order valence-corrected chi connectivity index (χ0v) is 14.9. The van der Waals surface area contributed by atoms with E-state index in [4.69, 9.17) is 4.74 Å². The summed E-state index contributed by atoms with van der Waals surface area (Å²) in [6.07, 6.45) is 0.914. The summed E-state index contributed by atoms with van der Waals surface area (Å²) in [6.45, 7) is 16.7. The molecule has 2 heterocycles. The fourth-order valence-electron chi connectivity index (χ4n) is 3.49. The monoisotopic (exact) mass is 311 g/mol. The molecule has 3 unspecified atom stereocenters. The minimum absolute atomic E-state index is 0.160. The van der Waals surface area contributed by atoms with Crippen LogP contribution in [0.4, 0.5) is 4.79 Å². The number of likely N-dealkylation sites (tertiary alicyclic amines) is 1. The Morgan fingerprint density at radius 2 is 1.86 bits per heavy atom. The molecule has 0 aromatic carbocycles. The number of nitrogens with zero attached hydrogens (tertiary/aromatic N) is 2. The van der Waals surface area contributed by atoms with E-state index in [0.717, 1.165) is 45.7 Å². The van der Waals surface area contributed by atoms with Crippen molar-refractivity contribution in [3.8, 4) is 0 Å². The van der Waals surface area contributed by atoms with Crippen LogP contribution in [-0.2, 0) is 4.74 Å². The van der Waals surface area contributed by atoms with Gasteiger partial charge in [0.2, 0.25) is 0 Å². The van der Waals surface area contributed by atoms with E-state index in [1.54, 1.807) is 0 Å². The van der Waals surface area contributed by atoms with Gasteiger partial charge in [0.25, 0.3) is 0 Å². The van der Waals surface area contributed by atoms with E-state index < -0.39 is 5.60 Å². The van der Waals surface area contributed by atoms with E-state index in [1.165, 1.54) is 0 Å². The Hall–Kier alpha value is -0.810. The summed E-state index contributed by atoms with van der Waals surface area (Å²) in [5.74, 6) is 1.20. The molecular weight excluding hydrogens is 278 g/mol. The molecule has 1 N–H and O–H groups in total. The topological polar surface area (TPSA) is 44.8 Å². The van der Waals surface area contributed by atoms with Gasteiger partial charge < -0.3 is 19.9 Å². The van der Waals surface area contributed by atoms with E-state index in [0.29, 0.717) is 11.8 Å². The lowest BCUT2D eigenvalue weighted by Crippen LogP contribution is -2.53. The predicted molar refractivity (Wildman–Crippen MR) is 89.0 cm³/mol. The normalized spacial score (nSPS) is 31.1. The molecule has 5 nitrogen and oxygen atoms in total. The molecule has 2 aliphatic heterocycles. The van der Waals surface area contributed by atoms with Crippen molar-refractivity contribution >= 4 is 6.09 Å². The standard InChI is InChI=1S/C17H33N3O2/c1-13-11-20(16(21)22-17(3,4)5)14(2)10-15(13)12-19-8-6-18-7-9-19/h13-15,18H,6-12H2,1-5H3. The van der Waals surface area contributed by atoms with Gasteiger partial charge in [0.15, 0.2) is 0 Å². The summed E-state index contributed by atoms with van der Waals surface area (Å²) in [7, 11) is 0. The first-order valence-corrected chi connectivity index (χ1v) is 8.69. The summed E-state index contributed by atoms with van der Waals surface area (Å²) in [5, 5.41) is 3.40. The van der Waals surface area contributed by atoms with Crippen LogP contribution < -0.4 is 5.32 Å². The molecular formula is C17H33N3O2. The van der Waals surface area contributed by atoms with Gasteiger partial charge >= 0.3 is 6.09 Å². The molecule has 0 aliphatic carbocycles. The van der Waals surface area contributed by atoms with Crippen molar-refractivity contribution in [1.82, 2.24) is 15.1 Å². The van der Waals surface area contributed by atoms with Crippen LogP contribution in [0.1, 0.15) is 41.0 Å². The number of carbonyl (C=O) groups is 1. The molecule has 0 aromatic heterocycles. The minimum atomic E-state index is -0.419. The minimum Gasteiger partial charge on any atom is -0.444 e. The van der Waals surface area contributed by atoms with E-state index >= 15 is 0 Å². The molecule has 0 aromatic rings. The van der Waals surface area contributed by atoms with Crippen LogP contribution in [0.3, 0.4) is 0 Å². The van der Waals surface area contributed by atoms with Crippen LogP contribution >= 0.6 is 0 Å². The number of hydrogen-bond donors (Lipinski definition) is 1. The molecule has 0 saturated carbocycles. The van der Waals surface area contributed by atoms with Gasteiger partial charge in [0.1, 0.15) is 5.60 Å². The third kappa shape index (κ3) is 4.85. The lowest BCUT2D eigenvalue weighted by molar-refractivity contribution is -0.00585. The fourth-order valence-corrected chi connectivity index (χ4v) is 3.49. The highest BCUT2D eigenvalue weighted by molar-refractivity contribution is 5.68. The first-order chi connectivity index (χ1) is 10.3. The third-order valence-electron chi connectivity index (χ3n) is 4.80. The van der Waals surface area contributed by atoms with Gasteiger partial charge in [0.05, 0.1) is 0 Å². The molecule has 0 bridgehead atoms. The maximum Gasteiger partial charge on any atom is 0.410 e. The van der Waals surface area contributed by atoms with E-state index in [9.17, 15) is 4.79 Å². The summed E-state index contributed by atoms with van der Waals surface area (Å²) in [4.78, 5) is 16.8. The molecule has 2 rings (SSSR count). The van der Waals surface area contributed by atoms with E-state index in [2.05, 4.69) is 24.1 Å². The van der Waals surface area contributed by atoms with Gasteiger partial charge in [0, 0.05) is 45.3 Å². The second kappa shape index (κ2) is 7.18. The predicted octanol–water partition coefficient (Wildman–Crippen LogP) is 2.17. The molecule has 2 saturated heterocycles. The van der Waals surface area contributed by atoms with Crippen LogP contribution in [0, 0.1) is 11.8 Å². The Morgan fingerprint density at radius 3 is 2.45 bits per heavy atom. The first-order valence-electron chi connectivity index (χ1n) is 8.69. The first kappa shape index (κ1) is 17.5. The van der Waals surface area contributed by atoms with Gasteiger partial charge in [-0.25, -0.2) is 4.79 Å². The van der Waals surface area contributed by atoms with Gasteiger partial charge in [-0.3, -0.25) is 0 Å². The zero-order chi connectivity index (χ0) is 16.3. The van der Waals surface area contributed by atoms with Crippen LogP contribution in [0.25, 0.3) is 0 Å². The second-order valence-corrected chi connectivity index (χ2v) is 8.01. The smallest absolute Gasteiger partial charge is 0.410 e. The average molecular weight is 311 g/mol. The average Bonchev–Trinajstić information content (AvgIpc) is 2.41. The molecule has 0 radical (unpaired) electrons. The van der Waals surface area contributed by atoms with Gasteiger partial charge in [-0.15, -0.1) is 0 Å². The van der Waals surface area contributed by atoms with Crippen molar-refractivity contribution < 1.29 is 9.53 Å². The Kier molecular flexibility index (Phi) is 5.72. The quantitative estimate of drug-likeness (QED) is 0.849. The van der Waals surface area contributed by atoms with Gasteiger partial charge in [-0.05, 0) is 46.0 Å². The molecule has 128 valence electrons. The van der Waals surface area contributed by atoms with Crippen molar-refractivity contribution in [3.05, 3.63) is 0 Å². The Bertz CT molecular complexity index is 375. The fraction of sp³-hybridized carbons (Fsp3) is 0.941. The molecule has 1 amide bonds. The Balaban J connectivity index is 1.89. The highest BCUT2D eigenvalue weighted by atomic mass is 16.6. The molecule has 2 aliphatic rings. The Morgan fingerprint density at radius 1 is 1.23 bits per heavy atom. The summed E-state index contributed by atoms with van der Waals surface area (Å²) < 4.78 is 5.55. The Labute approximate surface area is 135 Å². The number of piperidine rings is 1. The number of piperazine rings is 1. The summed E-state index contributed by atoms with van der Waals surface area (Å²) in [5.41, 5.74) is -0.419. The largest absolute Gasteiger partial charge is 0.444 e. The third-order valence-corrected chi connectivity index (χ3v) is 4.80. The van der Waals surface area contributed by atoms with Crippen LogP contribution in [0.15, 0.2) is 0 Å². The number of ether oxygens (including phenoxy) is 1. The summed E-state index contributed by atoms with van der Waals surface area (Å²) in [6, 6.07) is 0.263. The van der Waals surface area contributed by atoms with Crippen molar-refractivity contribution in [2.45, 2.75) is 52.7 Å². The molecule has 3 atom stereocenters. The maximum absolute atomic E-state index is 12.4. The molecule has 0 spiro atoms. The van der Waals surface area contributed by atoms with E-state index in [1.807, 2.05) is 25.7 Å².